The van der Waals surface area contributed by atoms with Crippen molar-refractivity contribution in [1.29, 1.82) is 0 Å². The highest BCUT2D eigenvalue weighted by Crippen LogP contribution is 2.64. The first-order valence-corrected chi connectivity index (χ1v) is 24.2. The van der Waals surface area contributed by atoms with Crippen LogP contribution in [0.4, 0.5) is 9.59 Å². The molecule has 68 heavy (non-hydrogen) atoms. The number of ether oxygens (including phenoxy) is 10. The van der Waals surface area contributed by atoms with E-state index in [2.05, 4.69) is 19.2 Å². The topological polar surface area (TPSA) is 210 Å². The predicted molar refractivity (Wildman–Crippen MR) is 245 cm³/mol. The van der Waals surface area contributed by atoms with Crippen molar-refractivity contribution in [2.75, 3.05) is 34.0 Å². The second kappa shape index (κ2) is 20.7. The molecular formula is C51H75NO16. The first-order valence-electron chi connectivity index (χ1n) is 24.2. The van der Waals surface area contributed by atoms with Crippen molar-refractivity contribution in [3.05, 3.63) is 47.0 Å². The van der Waals surface area contributed by atoms with Crippen LogP contribution in [0.3, 0.4) is 0 Å². The minimum absolute atomic E-state index is 0.00532. The number of rotatable bonds is 17. The molecule has 0 radical (unpaired) electrons. The predicted octanol–water partition coefficient (Wildman–Crippen LogP) is 7.39. The van der Waals surface area contributed by atoms with Crippen molar-refractivity contribution >= 4 is 30.0 Å². The molecule has 2 bridgehead atoms. The molecule has 3 aliphatic carbocycles. The molecule has 1 amide bonds. The molecule has 17 heteroatoms. The molecular weight excluding hydrogens is 883 g/mol. The third kappa shape index (κ3) is 10.3. The first kappa shape index (κ1) is 53.2. The number of methoxy groups -OCH3 is 2. The van der Waals surface area contributed by atoms with Gasteiger partial charge < -0.3 is 57.8 Å². The zero-order valence-corrected chi connectivity index (χ0v) is 42.1. The van der Waals surface area contributed by atoms with Gasteiger partial charge in [-0.3, -0.25) is 9.59 Å². The highest BCUT2D eigenvalue weighted by atomic mass is 16.8. The van der Waals surface area contributed by atoms with E-state index in [1.165, 1.54) is 21.1 Å². The van der Waals surface area contributed by atoms with Gasteiger partial charge in [0.25, 0.3) is 0 Å². The van der Waals surface area contributed by atoms with Crippen molar-refractivity contribution in [3.63, 3.8) is 0 Å². The Balaban J connectivity index is 1.37. The van der Waals surface area contributed by atoms with E-state index in [-0.39, 0.29) is 44.9 Å². The van der Waals surface area contributed by atoms with Crippen LogP contribution in [0.2, 0.25) is 0 Å². The molecule has 2 N–H and O–H groups in total. The third-order valence-corrected chi connectivity index (χ3v) is 15.1. The average Bonchev–Trinajstić information content (AvgIpc) is 3.68. The summed E-state index contributed by atoms with van der Waals surface area (Å²) in [7, 11) is 2.91. The Morgan fingerprint density at radius 2 is 1.63 bits per heavy atom. The molecule has 6 rings (SSSR count). The monoisotopic (exact) mass is 958 g/mol. The van der Waals surface area contributed by atoms with Gasteiger partial charge in [0.05, 0.1) is 30.3 Å². The fraction of sp³-hybridized carbons (Fsp3) is 0.745. The summed E-state index contributed by atoms with van der Waals surface area (Å²) < 4.78 is 60.3. The van der Waals surface area contributed by atoms with Gasteiger partial charge in [0.2, 0.25) is 6.10 Å². The number of nitrogens with one attached hydrogen (secondary N) is 1. The maximum Gasteiger partial charge on any atom is 0.509 e. The van der Waals surface area contributed by atoms with Gasteiger partial charge in [0.1, 0.15) is 42.7 Å². The number of carbonyl (C=O) groups is 5. The van der Waals surface area contributed by atoms with E-state index in [0.717, 1.165) is 25.7 Å². The Hall–Kier alpha value is -4.13. The molecule has 1 aromatic carbocycles. The lowest BCUT2D eigenvalue weighted by molar-refractivity contribution is -0.329. The number of carbonyl (C=O) groups excluding carboxylic acids is 5. The van der Waals surface area contributed by atoms with Crippen molar-refractivity contribution in [2.24, 2.45) is 16.7 Å². The largest absolute Gasteiger partial charge is 0.509 e. The summed E-state index contributed by atoms with van der Waals surface area (Å²) in [6.07, 6.45) is -3.45. The van der Waals surface area contributed by atoms with E-state index in [0.29, 0.717) is 29.6 Å². The van der Waals surface area contributed by atoms with Crippen LogP contribution < -0.4 is 5.32 Å². The molecule has 2 aliphatic heterocycles. The van der Waals surface area contributed by atoms with Crippen LogP contribution in [-0.4, -0.2) is 128 Å². The summed E-state index contributed by atoms with van der Waals surface area (Å²) in [6.45, 7) is 17.5. The number of aliphatic hydroxyl groups is 1. The van der Waals surface area contributed by atoms with Crippen LogP contribution in [-0.2, 0) is 61.8 Å². The quantitative estimate of drug-likeness (QED) is 0.0886. The van der Waals surface area contributed by atoms with Crippen molar-refractivity contribution < 1.29 is 76.4 Å². The normalized spacial score (nSPS) is 32.5. The molecule has 11 atom stereocenters. The summed E-state index contributed by atoms with van der Waals surface area (Å²) >= 11 is 0. The number of ketones is 1. The SMILES string of the molecule is CCCCC1(CCCC)OC[C@H](COC(=O)O[C@@H](C(=O)O[C@H]2C[C@@]3(O)C[C@@H]4[C@]5(OC(C)=O)CO[C@@H]5C[C@H](OC)[C@@]4(C)C(=O)[C@H](OC)C(=C2C)C3(C)C)[C@@H](NC(=O)OC(C)(C)C)c2ccccc2)O1. The summed E-state index contributed by atoms with van der Waals surface area (Å²) in [6, 6.07) is 7.03. The molecule has 0 spiro atoms. The minimum atomic E-state index is -1.89. The van der Waals surface area contributed by atoms with Crippen LogP contribution >= 0.6 is 0 Å². The number of benzene rings is 1. The van der Waals surface area contributed by atoms with Gasteiger partial charge in [-0.15, -0.1) is 0 Å². The lowest BCUT2D eigenvalue weighted by atomic mass is 9.46. The lowest BCUT2D eigenvalue weighted by Crippen LogP contribution is -2.77. The Morgan fingerprint density at radius 1 is 0.971 bits per heavy atom. The van der Waals surface area contributed by atoms with Gasteiger partial charge in [0.15, 0.2) is 17.2 Å². The number of hydrogen-bond donors (Lipinski definition) is 2. The Labute approximate surface area is 400 Å². The van der Waals surface area contributed by atoms with Gasteiger partial charge >= 0.3 is 24.2 Å². The fourth-order valence-corrected chi connectivity index (χ4v) is 11.4. The van der Waals surface area contributed by atoms with E-state index in [9.17, 15) is 19.5 Å². The number of hydrogen-bond acceptors (Lipinski definition) is 16. The molecule has 0 aromatic heterocycles. The molecule has 380 valence electrons. The number of amides is 1. The van der Waals surface area contributed by atoms with Gasteiger partial charge in [0, 0.05) is 58.2 Å². The molecule has 4 fully saturated rings. The van der Waals surface area contributed by atoms with E-state index >= 15 is 9.59 Å². The van der Waals surface area contributed by atoms with Gasteiger partial charge in [-0.05, 0) is 70.6 Å². The average molecular weight is 958 g/mol. The summed E-state index contributed by atoms with van der Waals surface area (Å²) in [5.41, 5.74) is -5.31. The van der Waals surface area contributed by atoms with E-state index in [1.807, 2.05) is 13.8 Å². The van der Waals surface area contributed by atoms with E-state index in [4.69, 9.17) is 47.4 Å². The van der Waals surface area contributed by atoms with Crippen molar-refractivity contribution in [3.8, 4) is 0 Å². The highest BCUT2D eigenvalue weighted by molar-refractivity contribution is 5.93. The fourth-order valence-electron chi connectivity index (χ4n) is 11.4. The minimum Gasteiger partial charge on any atom is -0.455 e. The molecule has 2 saturated carbocycles. The van der Waals surface area contributed by atoms with Crippen molar-refractivity contribution in [1.82, 2.24) is 5.32 Å². The second-order valence-electron chi connectivity index (χ2n) is 21.0. The number of esters is 2. The zero-order valence-electron chi connectivity index (χ0n) is 42.1. The molecule has 2 heterocycles. The Bertz CT molecular complexity index is 2020. The molecule has 2 saturated heterocycles. The maximum absolute atomic E-state index is 15.3. The maximum atomic E-state index is 15.3. The van der Waals surface area contributed by atoms with Crippen molar-refractivity contribution in [2.45, 2.75) is 192 Å². The molecule has 17 nitrogen and oxygen atoms in total. The third-order valence-electron chi connectivity index (χ3n) is 15.1. The van der Waals surface area contributed by atoms with E-state index in [1.54, 1.807) is 65.0 Å². The van der Waals surface area contributed by atoms with Crippen LogP contribution in [0.5, 0.6) is 0 Å². The number of fused-ring (bicyclic) bond motifs is 5. The highest BCUT2D eigenvalue weighted by Gasteiger charge is 2.74. The van der Waals surface area contributed by atoms with Crippen LogP contribution in [0.25, 0.3) is 0 Å². The standard InChI is InChI=1S/C51H75NO16/c1-13-15-22-50(23-16-14-2)63-28-33(67-50)27-61-45(57)65-41(39(32-20-18-17-19-21-32)52-44(56)68-46(5,6)7)43(55)64-34-25-49(58)26-35-48(10,42(54)40(60-12)38(30(34)3)47(49,8)9)36(59-11)24-37-51(35,29-62-37)66-31(4)53/h17-21,33-37,39-41,58H,13-16,22-29H2,1-12H3,(H,52,56)/t33-,34-,35-,36-,37+,39-,40+,41+,48-,49+,51+/m0/s1. The molecule has 5 aliphatic rings. The van der Waals surface area contributed by atoms with Crippen LogP contribution in [0.1, 0.15) is 139 Å². The first-order chi connectivity index (χ1) is 31.9. The summed E-state index contributed by atoms with van der Waals surface area (Å²) in [5, 5.41) is 16.0. The lowest BCUT2D eigenvalue weighted by Gasteiger charge is -2.66. The zero-order chi connectivity index (χ0) is 50.0. The van der Waals surface area contributed by atoms with Gasteiger partial charge in [-0.1, -0.05) is 70.9 Å². The van der Waals surface area contributed by atoms with Crippen LogP contribution in [0, 0.1) is 16.7 Å². The number of alkyl carbamates (subject to hydrolysis) is 1. The van der Waals surface area contributed by atoms with Gasteiger partial charge in [-0.25, -0.2) is 14.4 Å². The smallest absolute Gasteiger partial charge is 0.455 e. The van der Waals surface area contributed by atoms with E-state index < -0.39 is 106 Å². The van der Waals surface area contributed by atoms with Crippen LogP contribution in [0.15, 0.2) is 41.5 Å². The number of unbranched alkanes of at least 4 members (excludes halogenated alkanes) is 2. The summed E-state index contributed by atoms with van der Waals surface area (Å²) in [5.74, 6) is -3.66. The number of Topliss-reactive ketones (excluding diaryl/α,β-unsaturated/α-hetero) is 1. The Morgan fingerprint density at radius 3 is 2.19 bits per heavy atom. The second-order valence-corrected chi connectivity index (χ2v) is 21.0. The molecule has 1 aromatic rings. The Kier molecular flexibility index (Phi) is 16.2. The summed E-state index contributed by atoms with van der Waals surface area (Å²) in [4.78, 5) is 70.6. The molecule has 0 unspecified atom stereocenters. The van der Waals surface area contributed by atoms with Gasteiger partial charge in [-0.2, -0.15) is 0 Å².